The van der Waals surface area contributed by atoms with Gasteiger partial charge in [-0.25, -0.2) is 18.7 Å². The largest absolute Gasteiger partial charge is 0.496 e. The normalized spacial score (nSPS) is 16.9. The van der Waals surface area contributed by atoms with Crippen LogP contribution in [0, 0.1) is 12.7 Å². The Labute approximate surface area is 256 Å². The Morgan fingerprint density at radius 2 is 1.93 bits per heavy atom. The SMILES string of the molecule is C=CC(=O)N1CCN(c2nc(=O)n(-c3c(C)ccnc3C(C)C)c3nc(-c4ccc(F)cc4OC)c(C4CC4)cc23)[C@@H](C)C1. The van der Waals surface area contributed by atoms with Crippen LogP contribution in [0.2, 0.25) is 0 Å². The maximum atomic E-state index is 14.3. The number of halogens is 1. The van der Waals surface area contributed by atoms with Crippen LogP contribution in [-0.2, 0) is 4.79 Å². The number of nitrogens with zero attached hydrogens (tertiary/aromatic N) is 6. The minimum atomic E-state index is -0.467. The summed E-state index contributed by atoms with van der Waals surface area (Å²) in [7, 11) is 1.51. The molecule has 1 aliphatic heterocycles. The smallest absolute Gasteiger partial charge is 0.355 e. The topological polar surface area (TPSA) is 93.5 Å². The van der Waals surface area contributed by atoms with Crippen LogP contribution in [-0.4, -0.2) is 63.1 Å². The van der Waals surface area contributed by atoms with Gasteiger partial charge >= 0.3 is 5.69 Å². The lowest BCUT2D eigenvalue weighted by Gasteiger charge is -2.40. The van der Waals surface area contributed by atoms with Crippen molar-refractivity contribution < 1.29 is 13.9 Å². The summed E-state index contributed by atoms with van der Waals surface area (Å²) in [5.41, 5.74) is 4.61. The zero-order valence-electron chi connectivity index (χ0n) is 25.8. The second-order valence-electron chi connectivity index (χ2n) is 12.0. The number of aryl methyl sites for hydroxylation is 1. The first-order valence-electron chi connectivity index (χ1n) is 15.1. The fourth-order valence-electron chi connectivity index (χ4n) is 6.23. The summed E-state index contributed by atoms with van der Waals surface area (Å²) >= 11 is 0. The summed E-state index contributed by atoms with van der Waals surface area (Å²) in [6.07, 6.45) is 5.09. The molecule has 6 rings (SSSR count). The van der Waals surface area contributed by atoms with Gasteiger partial charge in [-0.2, -0.15) is 4.98 Å². The number of pyridine rings is 2. The molecule has 2 fully saturated rings. The van der Waals surface area contributed by atoms with E-state index < -0.39 is 11.5 Å². The van der Waals surface area contributed by atoms with Gasteiger partial charge in [0.1, 0.15) is 17.4 Å². The molecule has 1 aromatic carbocycles. The molecule has 44 heavy (non-hydrogen) atoms. The third-order valence-electron chi connectivity index (χ3n) is 8.62. The minimum Gasteiger partial charge on any atom is -0.496 e. The van der Waals surface area contributed by atoms with Gasteiger partial charge in [0.25, 0.3) is 0 Å². The second kappa shape index (κ2) is 11.5. The number of carbonyl (C=O) groups excluding carboxylic acids is 1. The molecule has 1 aliphatic carbocycles. The number of amides is 1. The van der Waals surface area contributed by atoms with Crippen LogP contribution in [0.15, 0.2) is 54.0 Å². The Balaban J connectivity index is 1.67. The Bertz CT molecular complexity index is 1850. The Morgan fingerprint density at radius 3 is 2.59 bits per heavy atom. The molecule has 0 bridgehead atoms. The van der Waals surface area contributed by atoms with E-state index in [9.17, 15) is 14.0 Å². The Kier molecular flexibility index (Phi) is 7.69. The van der Waals surface area contributed by atoms with E-state index >= 15 is 0 Å². The summed E-state index contributed by atoms with van der Waals surface area (Å²) in [4.78, 5) is 45.1. The highest BCUT2D eigenvalue weighted by atomic mass is 19.1. The van der Waals surface area contributed by atoms with Crippen LogP contribution in [0.1, 0.15) is 62.3 Å². The van der Waals surface area contributed by atoms with E-state index in [1.54, 1.807) is 21.7 Å². The third kappa shape index (κ3) is 5.12. The van der Waals surface area contributed by atoms with Gasteiger partial charge in [-0.05, 0) is 80.0 Å². The number of carbonyl (C=O) groups is 1. The van der Waals surface area contributed by atoms with Crippen LogP contribution in [0.3, 0.4) is 0 Å². The molecule has 0 unspecified atom stereocenters. The lowest BCUT2D eigenvalue weighted by Crippen LogP contribution is -2.54. The number of rotatable bonds is 7. The first-order chi connectivity index (χ1) is 21.1. The number of anilines is 1. The fourth-order valence-corrected chi connectivity index (χ4v) is 6.23. The van der Waals surface area contributed by atoms with E-state index in [-0.39, 0.29) is 23.8 Å². The van der Waals surface area contributed by atoms with Crippen molar-refractivity contribution in [2.24, 2.45) is 0 Å². The van der Waals surface area contributed by atoms with Crippen molar-refractivity contribution in [1.82, 2.24) is 24.4 Å². The van der Waals surface area contributed by atoms with Crippen molar-refractivity contribution in [3.63, 3.8) is 0 Å². The maximum absolute atomic E-state index is 14.3. The van der Waals surface area contributed by atoms with E-state index in [1.165, 1.54) is 25.3 Å². The van der Waals surface area contributed by atoms with Crippen LogP contribution in [0.4, 0.5) is 10.2 Å². The molecule has 1 atom stereocenters. The van der Waals surface area contributed by atoms with Gasteiger partial charge in [0, 0.05) is 43.5 Å². The average Bonchev–Trinajstić information content (AvgIpc) is 3.85. The van der Waals surface area contributed by atoms with E-state index in [1.807, 2.05) is 33.8 Å². The van der Waals surface area contributed by atoms with Crippen molar-refractivity contribution in [3.05, 3.63) is 82.3 Å². The van der Waals surface area contributed by atoms with Gasteiger partial charge in [0.2, 0.25) is 5.91 Å². The molecular formula is C34H37FN6O3. The summed E-state index contributed by atoms with van der Waals surface area (Å²) in [5, 5.41) is 0.740. The number of methoxy groups -OCH3 is 1. The highest BCUT2D eigenvalue weighted by Crippen LogP contribution is 2.47. The number of fused-ring (bicyclic) bond motifs is 1. The molecule has 4 aromatic rings. The Morgan fingerprint density at radius 1 is 1.16 bits per heavy atom. The van der Waals surface area contributed by atoms with E-state index in [0.717, 1.165) is 35.0 Å². The molecule has 10 heteroatoms. The number of piperazine rings is 1. The number of benzene rings is 1. The lowest BCUT2D eigenvalue weighted by molar-refractivity contribution is -0.126. The van der Waals surface area contributed by atoms with Gasteiger partial charge in [-0.3, -0.25) is 9.78 Å². The van der Waals surface area contributed by atoms with E-state index in [2.05, 4.69) is 22.5 Å². The molecule has 0 spiro atoms. The molecule has 0 N–H and O–H groups in total. The van der Waals surface area contributed by atoms with Crippen molar-refractivity contribution in [2.45, 2.75) is 58.4 Å². The van der Waals surface area contributed by atoms with Crippen molar-refractivity contribution in [3.8, 4) is 22.7 Å². The van der Waals surface area contributed by atoms with Crippen LogP contribution >= 0.6 is 0 Å². The summed E-state index contributed by atoms with van der Waals surface area (Å²) in [6.45, 7) is 13.2. The van der Waals surface area contributed by atoms with Gasteiger partial charge in [-0.1, -0.05) is 20.4 Å². The van der Waals surface area contributed by atoms with Crippen LogP contribution in [0.25, 0.3) is 28.0 Å². The van der Waals surface area contributed by atoms with Crippen molar-refractivity contribution in [2.75, 3.05) is 31.6 Å². The quantitative estimate of drug-likeness (QED) is 0.259. The van der Waals surface area contributed by atoms with E-state index in [4.69, 9.17) is 14.7 Å². The molecule has 1 saturated carbocycles. The number of hydrogen-bond acceptors (Lipinski definition) is 7. The maximum Gasteiger partial charge on any atom is 0.355 e. The summed E-state index contributed by atoms with van der Waals surface area (Å²) < 4.78 is 21.5. The fraction of sp³-hybridized carbons (Fsp3) is 0.382. The first-order valence-corrected chi connectivity index (χ1v) is 15.1. The molecule has 1 amide bonds. The molecule has 9 nitrogen and oxygen atoms in total. The number of hydrogen-bond donors (Lipinski definition) is 0. The predicted molar refractivity (Wildman–Crippen MR) is 169 cm³/mol. The molecule has 3 aromatic heterocycles. The molecule has 2 aliphatic rings. The van der Waals surface area contributed by atoms with Gasteiger partial charge in [0.05, 0.1) is 29.6 Å². The summed E-state index contributed by atoms with van der Waals surface area (Å²) in [5.74, 6) is 0.699. The van der Waals surface area contributed by atoms with Gasteiger partial charge in [0.15, 0.2) is 5.65 Å². The zero-order valence-corrected chi connectivity index (χ0v) is 25.8. The molecule has 0 radical (unpaired) electrons. The molecular weight excluding hydrogens is 559 g/mol. The summed E-state index contributed by atoms with van der Waals surface area (Å²) in [6, 6.07) is 8.33. The van der Waals surface area contributed by atoms with Gasteiger partial charge in [-0.15, -0.1) is 0 Å². The number of ether oxygens (including phenoxy) is 1. The monoisotopic (exact) mass is 596 g/mol. The van der Waals surface area contributed by atoms with Crippen LogP contribution < -0.4 is 15.3 Å². The standard InChI is InChI=1S/C34H37FN6O3/c1-7-28(42)39-14-15-40(21(5)18-39)32-26-17-25(22-8-9-22)30(24-11-10-23(35)16-27(24)44-6)37-33(26)41(34(43)38-32)31-20(4)12-13-36-29(31)19(2)3/h7,10-13,16-17,19,21-22H,1,8-9,14-15,18H2,2-6H3/t21-/m0/s1. The zero-order chi connectivity index (χ0) is 31.3. The van der Waals surface area contributed by atoms with E-state index in [0.29, 0.717) is 53.8 Å². The minimum absolute atomic E-state index is 0.0319. The highest BCUT2D eigenvalue weighted by Gasteiger charge is 2.33. The second-order valence-corrected chi connectivity index (χ2v) is 12.0. The Hall–Kier alpha value is -4.60. The third-order valence-corrected chi connectivity index (χ3v) is 8.62. The van der Waals surface area contributed by atoms with Crippen molar-refractivity contribution >= 4 is 22.8 Å². The average molecular weight is 597 g/mol. The molecule has 228 valence electrons. The van der Waals surface area contributed by atoms with Gasteiger partial charge < -0.3 is 14.5 Å². The van der Waals surface area contributed by atoms with Crippen molar-refractivity contribution in [1.29, 1.82) is 0 Å². The molecule has 1 saturated heterocycles. The first kappa shape index (κ1) is 29.5. The van der Waals surface area contributed by atoms with Crippen LogP contribution in [0.5, 0.6) is 5.75 Å². The highest BCUT2D eigenvalue weighted by molar-refractivity contribution is 5.93. The lowest BCUT2D eigenvalue weighted by atomic mass is 9.99. The molecule has 4 heterocycles. The number of aromatic nitrogens is 4. The predicted octanol–water partition coefficient (Wildman–Crippen LogP) is 5.52.